The summed E-state index contributed by atoms with van der Waals surface area (Å²) in [4.78, 5) is 2.70. The van der Waals surface area contributed by atoms with Gasteiger partial charge in [0.05, 0.1) is 0 Å². The predicted molar refractivity (Wildman–Crippen MR) is 74.4 cm³/mol. The molecule has 2 saturated carbocycles. The van der Waals surface area contributed by atoms with E-state index in [-0.39, 0.29) is 0 Å². The van der Waals surface area contributed by atoms with Crippen molar-refractivity contribution in [2.45, 2.75) is 76.8 Å². The summed E-state index contributed by atoms with van der Waals surface area (Å²) in [6, 6.07) is 1.76. The second kappa shape index (κ2) is 7.38. The van der Waals surface area contributed by atoms with Crippen LogP contribution in [-0.4, -0.2) is 36.6 Å². The summed E-state index contributed by atoms with van der Waals surface area (Å²) in [6.07, 6.45) is 12.8. The highest BCUT2D eigenvalue weighted by atomic mass is 15.2. The number of nitrogens with zero attached hydrogens (tertiary/aromatic N) is 1. The Balaban J connectivity index is 1.59. The fraction of sp³-hybridized carbons (Fsp3) is 1.00. The largest absolute Gasteiger partial charge is 0.313 e. The molecule has 0 aromatic carbocycles. The standard InChI is InChI=1S/C15H30N2/c1-2-12-17(15-9-10-15)13-11-16-14-7-5-3-4-6-8-14/h14-16H,2-13H2,1H3. The van der Waals surface area contributed by atoms with E-state index in [4.69, 9.17) is 0 Å². The molecular weight excluding hydrogens is 208 g/mol. The van der Waals surface area contributed by atoms with E-state index >= 15 is 0 Å². The summed E-state index contributed by atoms with van der Waals surface area (Å²) in [5, 5.41) is 3.79. The minimum absolute atomic E-state index is 0.820. The highest BCUT2D eigenvalue weighted by molar-refractivity contribution is 4.84. The lowest BCUT2D eigenvalue weighted by molar-refractivity contribution is 0.257. The van der Waals surface area contributed by atoms with Crippen molar-refractivity contribution < 1.29 is 0 Å². The highest BCUT2D eigenvalue weighted by Gasteiger charge is 2.27. The second-order valence-electron chi connectivity index (χ2n) is 5.91. The van der Waals surface area contributed by atoms with Gasteiger partial charge >= 0.3 is 0 Å². The van der Waals surface area contributed by atoms with Crippen LogP contribution in [0.3, 0.4) is 0 Å². The van der Waals surface area contributed by atoms with Crippen LogP contribution in [0.2, 0.25) is 0 Å². The van der Waals surface area contributed by atoms with Gasteiger partial charge in [-0.05, 0) is 38.6 Å². The SMILES string of the molecule is CCCN(CCNC1CCCCCC1)C1CC1. The Morgan fingerprint density at radius 3 is 2.24 bits per heavy atom. The van der Waals surface area contributed by atoms with Crippen LogP contribution in [0.15, 0.2) is 0 Å². The Morgan fingerprint density at radius 2 is 1.65 bits per heavy atom. The Labute approximate surface area is 107 Å². The molecule has 17 heavy (non-hydrogen) atoms. The first-order chi connectivity index (χ1) is 8.40. The van der Waals surface area contributed by atoms with Crippen LogP contribution in [0.25, 0.3) is 0 Å². The molecule has 0 aliphatic heterocycles. The van der Waals surface area contributed by atoms with Crippen molar-refractivity contribution >= 4 is 0 Å². The lowest BCUT2D eigenvalue weighted by Crippen LogP contribution is -2.38. The van der Waals surface area contributed by atoms with Gasteiger partial charge in [0.15, 0.2) is 0 Å². The molecule has 2 fully saturated rings. The van der Waals surface area contributed by atoms with E-state index in [1.807, 2.05) is 0 Å². The zero-order valence-electron chi connectivity index (χ0n) is 11.6. The smallest absolute Gasteiger partial charge is 0.0110 e. The van der Waals surface area contributed by atoms with Gasteiger partial charge in [-0.3, -0.25) is 4.90 Å². The molecule has 100 valence electrons. The van der Waals surface area contributed by atoms with Gasteiger partial charge < -0.3 is 5.32 Å². The molecule has 2 rings (SSSR count). The van der Waals surface area contributed by atoms with Gasteiger partial charge in [-0.25, -0.2) is 0 Å². The minimum atomic E-state index is 0.820. The second-order valence-corrected chi connectivity index (χ2v) is 5.91. The summed E-state index contributed by atoms with van der Waals surface area (Å²) in [6.45, 7) is 6.08. The quantitative estimate of drug-likeness (QED) is 0.685. The van der Waals surface area contributed by atoms with Crippen molar-refractivity contribution in [2.24, 2.45) is 0 Å². The lowest BCUT2D eigenvalue weighted by atomic mass is 10.1. The number of hydrogen-bond donors (Lipinski definition) is 1. The summed E-state index contributed by atoms with van der Waals surface area (Å²) in [7, 11) is 0. The van der Waals surface area contributed by atoms with Crippen molar-refractivity contribution in [3.63, 3.8) is 0 Å². The Kier molecular flexibility index (Phi) is 5.79. The average Bonchev–Trinajstić information content (AvgIpc) is 3.16. The van der Waals surface area contributed by atoms with Crippen LogP contribution >= 0.6 is 0 Å². The third kappa shape index (κ3) is 4.97. The maximum atomic E-state index is 3.79. The molecule has 0 spiro atoms. The van der Waals surface area contributed by atoms with Crippen LogP contribution in [0.4, 0.5) is 0 Å². The maximum Gasteiger partial charge on any atom is 0.0110 e. The van der Waals surface area contributed by atoms with E-state index in [0.29, 0.717) is 0 Å². The lowest BCUT2D eigenvalue weighted by Gasteiger charge is -2.23. The average molecular weight is 238 g/mol. The zero-order valence-corrected chi connectivity index (χ0v) is 11.6. The fourth-order valence-electron chi connectivity index (χ4n) is 3.10. The monoisotopic (exact) mass is 238 g/mol. The molecule has 0 amide bonds. The summed E-state index contributed by atoms with van der Waals surface area (Å²) in [5.41, 5.74) is 0. The third-order valence-electron chi connectivity index (χ3n) is 4.26. The van der Waals surface area contributed by atoms with E-state index in [0.717, 1.165) is 12.1 Å². The highest BCUT2D eigenvalue weighted by Crippen LogP contribution is 2.26. The molecule has 0 saturated heterocycles. The summed E-state index contributed by atoms with van der Waals surface area (Å²) in [5.74, 6) is 0. The molecule has 0 bridgehead atoms. The Bertz CT molecular complexity index is 193. The molecule has 2 nitrogen and oxygen atoms in total. The van der Waals surface area contributed by atoms with Crippen molar-refractivity contribution in [1.82, 2.24) is 10.2 Å². The van der Waals surface area contributed by atoms with E-state index in [9.17, 15) is 0 Å². The van der Waals surface area contributed by atoms with Gasteiger partial charge in [0.25, 0.3) is 0 Å². The molecule has 1 N–H and O–H groups in total. The van der Waals surface area contributed by atoms with Gasteiger partial charge in [0, 0.05) is 25.2 Å². The maximum absolute atomic E-state index is 3.79. The molecule has 0 heterocycles. The van der Waals surface area contributed by atoms with Gasteiger partial charge in [-0.1, -0.05) is 32.6 Å². The molecule has 2 heteroatoms. The van der Waals surface area contributed by atoms with Gasteiger partial charge in [-0.15, -0.1) is 0 Å². The van der Waals surface area contributed by atoms with E-state index in [1.54, 1.807) is 0 Å². The first-order valence-corrected chi connectivity index (χ1v) is 7.87. The molecule has 0 unspecified atom stereocenters. The first kappa shape index (κ1) is 13.4. The van der Waals surface area contributed by atoms with Gasteiger partial charge in [0.1, 0.15) is 0 Å². The molecule has 2 aliphatic carbocycles. The Hall–Kier alpha value is -0.0800. The van der Waals surface area contributed by atoms with Crippen LogP contribution in [0, 0.1) is 0 Å². The normalized spacial score (nSPS) is 22.9. The molecule has 0 radical (unpaired) electrons. The number of nitrogens with one attached hydrogen (secondary N) is 1. The molecule has 0 atom stereocenters. The minimum Gasteiger partial charge on any atom is -0.313 e. The first-order valence-electron chi connectivity index (χ1n) is 7.87. The van der Waals surface area contributed by atoms with Crippen molar-refractivity contribution in [1.29, 1.82) is 0 Å². The fourth-order valence-corrected chi connectivity index (χ4v) is 3.10. The van der Waals surface area contributed by atoms with Crippen molar-refractivity contribution in [3.05, 3.63) is 0 Å². The van der Waals surface area contributed by atoms with Crippen LogP contribution in [-0.2, 0) is 0 Å². The molecular formula is C15H30N2. The van der Waals surface area contributed by atoms with Crippen LogP contribution in [0.5, 0.6) is 0 Å². The number of rotatable bonds is 7. The Morgan fingerprint density at radius 1 is 0.941 bits per heavy atom. The molecule has 2 aliphatic rings. The van der Waals surface area contributed by atoms with Crippen molar-refractivity contribution in [2.75, 3.05) is 19.6 Å². The number of hydrogen-bond acceptors (Lipinski definition) is 2. The van der Waals surface area contributed by atoms with Crippen LogP contribution < -0.4 is 5.32 Å². The topological polar surface area (TPSA) is 15.3 Å². The molecule has 0 aromatic rings. The molecule has 0 aromatic heterocycles. The zero-order chi connectivity index (χ0) is 11.9. The third-order valence-corrected chi connectivity index (χ3v) is 4.26. The van der Waals surface area contributed by atoms with Gasteiger partial charge in [0.2, 0.25) is 0 Å². The van der Waals surface area contributed by atoms with E-state index in [2.05, 4.69) is 17.1 Å². The van der Waals surface area contributed by atoms with Crippen molar-refractivity contribution in [3.8, 4) is 0 Å². The van der Waals surface area contributed by atoms with E-state index < -0.39 is 0 Å². The summed E-state index contributed by atoms with van der Waals surface area (Å²) < 4.78 is 0. The summed E-state index contributed by atoms with van der Waals surface area (Å²) >= 11 is 0. The van der Waals surface area contributed by atoms with E-state index in [1.165, 1.54) is 77.4 Å². The van der Waals surface area contributed by atoms with Gasteiger partial charge in [-0.2, -0.15) is 0 Å². The van der Waals surface area contributed by atoms with Crippen LogP contribution in [0.1, 0.15) is 64.7 Å². The predicted octanol–water partition coefficient (Wildman–Crippen LogP) is 3.17.